The summed E-state index contributed by atoms with van der Waals surface area (Å²) in [6.07, 6.45) is 1.48. The summed E-state index contributed by atoms with van der Waals surface area (Å²) in [4.78, 5) is 13.8. The van der Waals surface area contributed by atoms with Crippen molar-refractivity contribution >= 4 is 22.4 Å². The molecule has 0 aromatic heterocycles. The Bertz CT molecular complexity index is 748. The molecule has 2 aromatic rings. The van der Waals surface area contributed by atoms with Crippen LogP contribution in [0, 0.1) is 11.3 Å². The zero-order valence-corrected chi connectivity index (χ0v) is 12.7. The fourth-order valence-corrected chi connectivity index (χ4v) is 3.08. The molecule has 0 saturated carbocycles. The van der Waals surface area contributed by atoms with Crippen molar-refractivity contribution in [3.05, 3.63) is 42.0 Å². The molecule has 0 aliphatic carbocycles. The number of nitrogens with zero attached hydrogens (tertiary/aromatic N) is 2. The van der Waals surface area contributed by atoms with E-state index in [0.29, 0.717) is 12.0 Å². The molecular weight excluding hydrogens is 274 g/mol. The third-order valence-electron chi connectivity index (χ3n) is 4.24. The Morgan fingerprint density at radius 3 is 2.82 bits per heavy atom. The average molecular weight is 293 g/mol. The second kappa shape index (κ2) is 6.07. The summed E-state index contributed by atoms with van der Waals surface area (Å²) in [6, 6.07) is 14.4. The maximum absolute atomic E-state index is 11.5. The molecule has 0 radical (unpaired) electrons. The van der Waals surface area contributed by atoms with Crippen molar-refractivity contribution in [1.29, 1.82) is 5.26 Å². The van der Waals surface area contributed by atoms with E-state index in [-0.39, 0.29) is 11.9 Å². The van der Waals surface area contributed by atoms with Crippen LogP contribution in [0.25, 0.3) is 10.8 Å². The predicted molar refractivity (Wildman–Crippen MR) is 87.7 cm³/mol. The van der Waals surface area contributed by atoms with E-state index in [4.69, 9.17) is 0 Å². The van der Waals surface area contributed by atoms with E-state index in [1.807, 2.05) is 37.3 Å². The summed E-state index contributed by atoms with van der Waals surface area (Å²) in [5, 5.41) is 14.4. The van der Waals surface area contributed by atoms with Crippen molar-refractivity contribution in [3.8, 4) is 6.07 Å². The topological polar surface area (TPSA) is 56.1 Å². The van der Waals surface area contributed by atoms with E-state index in [0.717, 1.165) is 36.0 Å². The molecular formula is C18H19N3O. The number of benzene rings is 2. The molecule has 3 rings (SSSR count). The second-order valence-corrected chi connectivity index (χ2v) is 5.64. The summed E-state index contributed by atoms with van der Waals surface area (Å²) < 4.78 is 0. The van der Waals surface area contributed by atoms with Crippen molar-refractivity contribution in [1.82, 2.24) is 5.32 Å². The molecule has 112 valence electrons. The van der Waals surface area contributed by atoms with Crippen LogP contribution in [0.15, 0.2) is 36.4 Å². The molecule has 2 aromatic carbocycles. The van der Waals surface area contributed by atoms with Gasteiger partial charge in [0.2, 0.25) is 5.91 Å². The first-order valence-corrected chi connectivity index (χ1v) is 7.69. The van der Waals surface area contributed by atoms with Crippen LogP contribution in [0.3, 0.4) is 0 Å². The van der Waals surface area contributed by atoms with Gasteiger partial charge in [0.05, 0.1) is 11.6 Å². The monoisotopic (exact) mass is 293 g/mol. The van der Waals surface area contributed by atoms with Crippen LogP contribution in [-0.2, 0) is 4.79 Å². The third kappa shape index (κ3) is 2.62. The summed E-state index contributed by atoms with van der Waals surface area (Å²) in [6.45, 7) is 3.61. The first-order valence-electron chi connectivity index (χ1n) is 7.69. The first-order chi connectivity index (χ1) is 10.7. The van der Waals surface area contributed by atoms with Gasteiger partial charge in [0, 0.05) is 42.0 Å². The highest BCUT2D eigenvalue weighted by atomic mass is 16.1. The second-order valence-electron chi connectivity index (χ2n) is 5.64. The quantitative estimate of drug-likeness (QED) is 0.946. The summed E-state index contributed by atoms with van der Waals surface area (Å²) in [5.41, 5.74) is 1.84. The summed E-state index contributed by atoms with van der Waals surface area (Å²) in [7, 11) is 0. The molecule has 1 aliphatic heterocycles. The van der Waals surface area contributed by atoms with Crippen molar-refractivity contribution in [2.24, 2.45) is 0 Å². The highest BCUT2D eigenvalue weighted by molar-refractivity contribution is 5.98. The van der Waals surface area contributed by atoms with E-state index < -0.39 is 0 Å². The molecule has 0 bridgehead atoms. The first kappa shape index (κ1) is 14.4. The fraction of sp³-hybridized carbons (Fsp3) is 0.333. The molecule has 1 unspecified atom stereocenters. The van der Waals surface area contributed by atoms with Crippen LogP contribution in [0.4, 0.5) is 5.69 Å². The molecule has 1 aliphatic rings. The Balaban J connectivity index is 1.89. The van der Waals surface area contributed by atoms with E-state index in [1.54, 1.807) is 0 Å². The van der Waals surface area contributed by atoms with E-state index >= 15 is 0 Å². The number of carbonyl (C=O) groups excluding carboxylic acids is 1. The molecule has 22 heavy (non-hydrogen) atoms. The number of carbonyl (C=O) groups is 1. The van der Waals surface area contributed by atoms with E-state index in [2.05, 4.69) is 22.4 Å². The molecule has 4 heteroatoms. The molecule has 1 saturated heterocycles. The van der Waals surface area contributed by atoms with Gasteiger partial charge in [-0.25, -0.2) is 0 Å². The van der Waals surface area contributed by atoms with Gasteiger partial charge < -0.3 is 10.2 Å². The Kier molecular flexibility index (Phi) is 3.97. The zero-order chi connectivity index (χ0) is 15.5. The lowest BCUT2D eigenvalue weighted by Gasteiger charge is -2.21. The zero-order valence-electron chi connectivity index (χ0n) is 12.7. The van der Waals surface area contributed by atoms with Crippen molar-refractivity contribution in [3.63, 3.8) is 0 Å². The van der Waals surface area contributed by atoms with Gasteiger partial charge in [0.15, 0.2) is 0 Å². The molecule has 0 spiro atoms. The molecule has 1 amide bonds. The van der Waals surface area contributed by atoms with Crippen molar-refractivity contribution in [2.75, 3.05) is 18.0 Å². The smallest absolute Gasteiger partial charge is 0.219 e. The minimum atomic E-state index is 0.108. The Morgan fingerprint density at radius 1 is 1.32 bits per heavy atom. The van der Waals surface area contributed by atoms with Gasteiger partial charge in [-0.05, 0) is 18.6 Å². The number of hydrogen-bond acceptors (Lipinski definition) is 3. The van der Waals surface area contributed by atoms with E-state index in [9.17, 15) is 10.1 Å². The van der Waals surface area contributed by atoms with Crippen molar-refractivity contribution < 1.29 is 4.79 Å². The number of fused-ring (bicyclic) bond motifs is 1. The van der Waals surface area contributed by atoms with Crippen LogP contribution in [0.5, 0.6) is 0 Å². The number of nitriles is 1. The van der Waals surface area contributed by atoms with Gasteiger partial charge >= 0.3 is 0 Å². The fourth-order valence-electron chi connectivity index (χ4n) is 3.08. The molecule has 1 N–H and O–H groups in total. The number of amides is 1. The largest absolute Gasteiger partial charge is 0.369 e. The Hall–Kier alpha value is -2.54. The molecule has 4 nitrogen and oxygen atoms in total. The average Bonchev–Trinajstić information content (AvgIpc) is 3.01. The molecule has 1 atom stereocenters. The van der Waals surface area contributed by atoms with Gasteiger partial charge in [0.1, 0.15) is 0 Å². The Labute approximate surface area is 130 Å². The van der Waals surface area contributed by atoms with Crippen LogP contribution in [-0.4, -0.2) is 25.0 Å². The number of anilines is 1. The van der Waals surface area contributed by atoms with Crippen LogP contribution in [0.2, 0.25) is 0 Å². The van der Waals surface area contributed by atoms with Gasteiger partial charge in [0.25, 0.3) is 0 Å². The van der Waals surface area contributed by atoms with Crippen molar-refractivity contribution in [2.45, 2.75) is 25.8 Å². The lowest BCUT2D eigenvalue weighted by molar-refractivity contribution is -0.121. The Morgan fingerprint density at radius 2 is 2.09 bits per heavy atom. The number of rotatable bonds is 3. The van der Waals surface area contributed by atoms with Crippen LogP contribution < -0.4 is 10.2 Å². The minimum absolute atomic E-state index is 0.108. The van der Waals surface area contributed by atoms with E-state index in [1.165, 1.54) is 0 Å². The maximum Gasteiger partial charge on any atom is 0.219 e. The van der Waals surface area contributed by atoms with Gasteiger partial charge in [-0.1, -0.05) is 31.2 Å². The van der Waals surface area contributed by atoms with Gasteiger partial charge in [-0.15, -0.1) is 0 Å². The molecule has 1 fully saturated rings. The number of hydrogen-bond donors (Lipinski definition) is 1. The predicted octanol–water partition coefficient (Wildman–Crippen LogP) is 2.82. The van der Waals surface area contributed by atoms with Gasteiger partial charge in [-0.2, -0.15) is 5.26 Å². The minimum Gasteiger partial charge on any atom is -0.369 e. The standard InChI is InChI=1S/C18H19N3O/c1-2-18(22)20-14-9-10-21(12-14)17-8-7-13(11-19)15-5-3-4-6-16(15)17/h3-8,14H,2,9-10,12H2,1H3,(H,20,22). The summed E-state index contributed by atoms with van der Waals surface area (Å²) >= 11 is 0. The lowest BCUT2D eigenvalue weighted by Crippen LogP contribution is -2.36. The lowest BCUT2D eigenvalue weighted by atomic mass is 10.0. The molecule has 1 heterocycles. The van der Waals surface area contributed by atoms with Crippen LogP contribution in [0.1, 0.15) is 25.3 Å². The van der Waals surface area contributed by atoms with Gasteiger partial charge in [-0.3, -0.25) is 4.79 Å². The SMILES string of the molecule is CCC(=O)NC1CCN(c2ccc(C#N)c3ccccc23)C1. The maximum atomic E-state index is 11.5. The summed E-state index contributed by atoms with van der Waals surface area (Å²) in [5.74, 6) is 0.108. The highest BCUT2D eigenvalue weighted by Crippen LogP contribution is 2.31. The highest BCUT2D eigenvalue weighted by Gasteiger charge is 2.24. The normalized spacial score (nSPS) is 17.5. The van der Waals surface area contributed by atoms with Crippen LogP contribution >= 0.6 is 0 Å². The number of nitrogens with one attached hydrogen (secondary N) is 1. The third-order valence-corrected chi connectivity index (χ3v) is 4.24.